The van der Waals surface area contributed by atoms with Crippen LogP contribution in [0, 0.1) is 0 Å². The Balaban J connectivity index is 2.50. The molecule has 0 amide bonds. The van der Waals surface area contributed by atoms with E-state index in [1.165, 1.54) is 6.42 Å². The third kappa shape index (κ3) is 1.42. The molecule has 50 valence electrons. The van der Waals surface area contributed by atoms with Gasteiger partial charge in [0.1, 0.15) is 0 Å². The standard InChI is InChI=1S/C8H12O/c1-2-8(9)7-5-3-4-6-7/h2,5,8-9H,1,3-4,6H2. The van der Waals surface area contributed by atoms with Crippen molar-refractivity contribution in [2.45, 2.75) is 25.4 Å². The second kappa shape index (κ2) is 2.83. The molecule has 1 heteroatoms. The third-order valence-corrected chi connectivity index (χ3v) is 1.68. The van der Waals surface area contributed by atoms with E-state index in [2.05, 4.69) is 12.7 Å². The molecule has 0 radical (unpaired) electrons. The summed E-state index contributed by atoms with van der Waals surface area (Å²) in [6, 6.07) is 0. The quantitative estimate of drug-likeness (QED) is 0.555. The van der Waals surface area contributed by atoms with E-state index in [0.29, 0.717) is 0 Å². The van der Waals surface area contributed by atoms with Gasteiger partial charge in [0.15, 0.2) is 0 Å². The first kappa shape index (κ1) is 6.56. The highest BCUT2D eigenvalue weighted by atomic mass is 16.3. The van der Waals surface area contributed by atoms with Crippen LogP contribution in [0.5, 0.6) is 0 Å². The SMILES string of the molecule is C=CC(O)C1=CCCC1. The van der Waals surface area contributed by atoms with E-state index in [-0.39, 0.29) is 6.10 Å². The Labute approximate surface area is 55.7 Å². The van der Waals surface area contributed by atoms with Gasteiger partial charge in [-0.25, -0.2) is 0 Å². The fourth-order valence-corrected chi connectivity index (χ4v) is 1.12. The summed E-state index contributed by atoms with van der Waals surface area (Å²) >= 11 is 0. The molecule has 0 aromatic heterocycles. The van der Waals surface area contributed by atoms with Crippen molar-refractivity contribution >= 4 is 0 Å². The lowest BCUT2D eigenvalue weighted by Gasteiger charge is -2.03. The lowest BCUT2D eigenvalue weighted by Crippen LogP contribution is -2.03. The van der Waals surface area contributed by atoms with Crippen molar-refractivity contribution in [2.24, 2.45) is 0 Å². The molecule has 1 rings (SSSR count). The minimum Gasteiger partial charge on any atom is -0.385 e. The molecule has 1 aliphatic carbocycles. The van der Waals surface area contributed by atoms with Gasteiger partial charge in [-0.05, 0) is 24.8 Å². The summed E-state index contributed by atoms with van der Waals surface area (Å²) in [6.45, 7) is 3.51. The molecule has 0 saturated heterocycles. The highest BCUT2D eigenvalue weighted by Gasteiger charge is 2.09. The molecule has 1 unspecified atom stereocenters. The van der Waals surface area contributed by atoms with Crippen molar-refractivity contribution in [2.75, 3.05) is 0 Å². The van der Waals surface area contributed by atoms with E-state index in [1.54, 1.807) is 6.08 Å². The molecule has 1 atom stereocenters. The Morgan fingerprint density at radius 1 is 1.78 bits per heavy atom. The fourth-order valence-electron chi connectivity index (χ4n) is 1.12. The number of hydrogen-bond acceptors (Lipinski definition) is 1. The van der Waals surface area contributed by atoms with Crippen LogP contribution in [0.4, 0.5) is 0 Å². The Kier molecular flexibility index (Phi) is 2.06. The molecule has 0 fully saturated rings. The van der Waals surface area contributed by atoms with Gasteiger partial charge in [-0.15, -0.1) is 6.58 Å². The summed E-state index contributed by atoms with van der Waals surface area (Å²) in [6.07, 6.45) is 6.67. The predicted octanol–water partition coefficient (Wildman–Crippen LogP) is 1.64. The number of rotatable bonds is 2. The first-order valence-electron chi connectivity index (χ1n) is 3.34. The summed E-state index contributed by atoms with van der Waals surface area (Å²) in [5.74, 6) is 0. The van der Waals surface area contributed by atoms with Gasteiger partial charge in [0.25, 0.3) is 0 Å². The van der Waals surface area contributed by atoms with E-state index >= 15 is 0 Å². The lowest BCUT2D eigenvalue weighted by atomic mass is 10.1. The first-order chi connectivity index (χ1) is 4.34. The minimum atomic E-state index is -0.382. The van der Waals surface area contributed by atoms with Crippen LogP contribution in [-0.4, -0.2) is 11.2 Å². The molecule has 0 spiro atoms. The summed E-state index contributed by atoms with van der Waals surface area (Å²) in [5.41, 5.74) is 1.14. The van der Waals surface area contributed by atoms with Crippen LogP contribution in [-0.2, 0) is 0 Å². The van der Waals surface area contributed by atoms with Crippen molar-refractivity contribution in [3.63, 3.8) is 0 Å². The zero-order chi connectivity index (χ0) is 6.69. The van der Waals surface area contributed by atoms with Gasteiger partial charge in [-0.3, -0.25) is 0 Å². The van der Waals surface area contributed by atoms with Gasteiger partial charge < -0.3 is 5.11 Å². The highest BCUT2D eigenvalue weighted by Crippen LogP contribution is 2.20. The van der Waals surface area contributed by atoms with Crippen LogP contribution in [0.2, 0.25) is 0 Å². The number of allylic oxidation sites excluding steroid dienone is 1. The molecule has 0 heterocycles. The normalized spacial score (nSPS) is 21.2. The van der Waals surface area contributed by atoms with Gasteiger partial charge >= 0.3 is 0 Å². The molecule has 0 aromatic rings. The van der Waals surface area contributed by atoms with E-state index < -0.39 is 0 Å². The van der Waals surface area contributed by atoms with Crippen molar-refractivity contribution in [3.05, 3.63) is 24.3 Å². The van der Waals surface area contributed by atoms with Crippen LogP contribution in [0.3, 0.4) is 0 Å². The highest BCUT2D eigenvalue weighted by molar-refractivity contribution is 5.16. The molecule has 1 aliphatic rings. The van der Waals surface area contributed by atoms with Crippen LogP contribution in [0.1, 0.15) is 19.3 Å². The fraction of sp³-hybridized carbons (Fsp3) is 0.500. The van der Waals surface area contributed by atoms with E-state index in [1.807, 2.05) is 0 Å². The monoisotopic (exact) mass is 124 g/mol. The van der Waals surface area contributed by atoms with Crippen LogP contribution >= 0.6 is 0 Å². The minimum absolute atomic E-state index is 0.382. The number of aliphatic hydroxyl groups is 1. The Bertz CT molecular complexity index is 136. The van der Waals surface area contributed by atoms with Gasteiger partial charge in [0.2, 0.25) is 0 Å². The number of hydrogen-bond donors (Lipinski definition) is 1. The average molecular weight is 124 g/mol. The van der Waals surface area contributed by atoms with E-state index in [9.17, 15) is 5.11 Å². The zero-order valence-corrected chi connectivity index (χ0v) is 5.51. The molecule has 1 N–H and O–H groups in total. The van der Waals surface area contributed by atoms with Crippen LogP contribution in [0.15, 0.2) is 24.3 Å². The van der Waals surface area contributed by atoms with E-state index in [0.717, 1.165) is 18.4 Å². The van der Waals surface area contributed by atoms with Gasteiger partial charge in [0.05, 0.1) is 6.10 Å². The lowest BCUT2D eigenvalue weighted by molar-refractivity contribution is 0.256. The molecule has 0 saturated carbocycles. The second-order valence-electron chi connectivity index (χ2n) is 2.35. The number of aliphatic hydroxyl groups excluding tert-OH is 1. The molecule has 0 bridgehead atoms. The summed E-state index contributed by atoms with van der Waals surface area (Å²) in [4.78, 5) is 0. The Hall–Kier alpha value is -0.560. The van der Waals surface area contributed by atoms with E-state index in [4.69, 9.17) is 0 Å². The van der Waals surface area contributed by atoms with Gasteiger partial charge in [-0.1, -0.05) is 12.2 Å². The van der Waals surface area contributed by atoms with Crippen molar-refractivity contribution in [1.29, 1.82) is 0 Å². The maximum Gasteiger partial charge on any atom is 0.0929 e. The predicted molar refractivity (Wildman–Crippen MR) is 38.1 cm³/mol. The topological polar surface area (TPSA) is 20.2 Å². The second-order valence-corrected chi connectivity index (χ2v) is 2.35. The summed E-state index contributed by atoms with van der Waals surface area (Å²) in [5, 5.41) is 9.17. The average Bonchev–Trinajstić information content (AvgIpc) is 2.37. The smallest absolute Gasteiger partial charge is 0.0929 e. The molecule has 9 heavy (non-hydrogen) atoms. The molecule has 0 aromatic carbocycles. The molecular weight excluding hydrogens is 112 g/mol. The summed E-state index contributed by atoms with van der Waals surface area (Å²) in [7, 11) is 0. The van der Waals surface area contributed by atoms with Crippen molar-refractivity contribution < 1.29 is 5.11 Å². The van der Waals surface area contributed by atoms with Crippen LogP contribution < -0.4 is 0 Å². The summed E-state index contributed by atoms with van der Waals surface area (Å²) < 4.78 is 0. The molecule has 1 nitrogen and oxygen atoms in total. The molecule has 0 aliphatic heterocycles. The first-order valence-corrected chi connectivity index (χ1v) is 3.34. The van der Waals surface area contributed by atoms with Crippen molar-refractivity contribution in [3.8, 4) is 0 Å². The van der Waals surface area contributed by atoms with Gasteiger partial charge in [0, 0.05) is 0 Å². The van der Waals surface area contributed by atoms with Gasteiger partial charge in [-0.2, -0.15) is 0 Å². The maximum absolute atomic E-state index is 9.17. The largest absolute Gasteiger partial charge is 0.385 e. The zero-order valence-electron chi connectivity index (χ0n) is 5.51. The van der Waals surface area contributed by atoms with Crippen molar-refractivity contribution in [1.82, 2.24) is 0 Å². The Morgan fingerprint density at radius 3 is 3.00 bits per heavy atom. The molecular formula is C8H12O. The van der Waals surface area contributed by atoms with Crippen LogP contribution in [0.25, 0.3) is 0 Å². The Morgan fingerprint density at radius 2 is 2.56 bits per heavy atom. The third-order valence-electron chi connectivity index (χ3n) is 1.68. The maximum atomic E-state index is 9.17.